The van der Waals surface area contributed by atoms with Crippen LogP contribution in [0.3, 0.4) is 0 Å². The van der Waals surface area contributed by atoms with E-state index in [2.05, 4.69) is 5.32 Å². The van der Waals surface area contributed by atoms with Crippen molar-refractivity contribution in [1.82, 2.24) is 5.32 Å². The first-order chi connectivity index (χ1) is 4.30. The van der Waals surface area contributed by atoms with E-state index in [9.17, 15) is 4.39 Å². The third-order valence-electron chi connectivity index (χ3n) is 1.50. The summed E-state index contributed by atoms with van der Waals surface area (Å²) in [7, 11) is 0. The van der Waals surface area contributed by atoms with Crippen LogP contribution < -0.4 is 5.32 Å². The molecular formula is C6H13ClFNO. The van der Waals surface area contributed by atoms with Crippen molar-refractivity contribution in [3.63, 3.8) is 0 Å². The molecule has 1 aliphatic heterocycles. The predicted molar refractivity (Wildman–Crippen MR) is 40.4 cm³/mol. The fraction of sp³-hybridized carbons (Fsp3) is 1.00. The third kappa shape index (κ3) is 2.82. The van der Waals surface area contributed by atoms with Crippen molar-refractivity contribution in [3.05, 3.63) is 0 Å². The minimum atomic E-state index is -0.801. The van der Waals surface area contributed by atoms with Gasteiger partial charge in [0, 0.05) is 6.54 Å². The van der Waals surface area contributed by atoms with E-state index in [1.165, 1.54) is 0 Å². The highest BCUT2D eigenvalue weighted by molar-refractivity contribution is 5.85. The molecule has 2 atom stereocenters. The quantitative estimate of drug-likeness (QED) is 0.626. The lowest BCUT2D eigenvalue weighted by Gasteiger charge is -2.24. The molecule has 0 spiro atoms. The number of nitrogens with one attached hydrogen (secondary N) is 1. The van der Waals surface area contributed by atoms with Crippen molar-refractivity contribution in [2.75, 3.05) is 19.8 Å². The topological polar surface area (TPSA) is 21.3 Å². The Balaban J connectivity index is 0.000000810. The van der Waals surface area contributed by atoms with Crippen LogP contribution in [0.25, 0.3) is 0 Å². The fourth-order valence-corrected chi connectivity index (χ4v) is 0.881. The van der Waals surface area contributed by atoms with Crippen LogP contribution in [0.1, 0.15) is 6.92 Å². The Hall–Kier alpha value is 0.140. The van der Waals surface area contributed by atoms with Gasteiger partial charge in [0.25, 0.3) is 0 Å². The van der Waals surface area contributed by atoms with Gasteiger partial charge in [0.05, 0.1) is 19.3 Å². The average Bonchev–Trinajstić information content (AvgIpc) is 1.90. The fourth-order valence-electron chi connectivity index (χ4n) is 0.881. The summed E-state index contributed by atoms with van der Waals surface area (Å²) >= 11 is 0. The lowest BCUT2D eigenvalue weighted by atomic mass is 10.2. The van der Waals surface area contributed by atoms with Crippen LogP contribution >= 0.6 is 12.4 Å². The second kappa shape index (κ2) is 4.88. The molecule has 62 valence electrons. The maximum absolute atomic E-state index is 12.4. The van der Waals surface area contributed by atoms with Gasteiger partial charge in [0.15, 0.2) is 0 Å². The zero-order valence-corrected chi connectivity index (χ0v) is 6.79. The van der Waals surface area contributed by atoms with Crippen LogP contribution in [-0.4, -0.2) is 32.0 Å². The second-order valence-electron chi connectivity index (χ2n) is 2.31. The molecule has 1 N–H and O–H groups in total. The SMILES string of the molecule is CC(F)C1COCCN1.Cl. The number of ether oxygens (including phenoxy) is 1. The van der Waals surface area contributed by atoms with Crippen molar-refractivity contribution in [2.45, 2.75) is 19.1 Å². The number of morpholine rings is 1. The van der Waals surface area contributed by atoms with Gasteiger partial charge in [-0.1, -0.05) is 0 Å². The molecular weight excluding hydrogens is 157 g/mol. The summed E-state index contributed by atoms with van der Waals surface area (Å²) in [5, 5.41) is 3.02. The van der Waals surface area contributed by atoms with E-state index in [0.29, 0.717) is 13.2 Å². The Labute approximate surface area is 66.5 Å². The highest BCUT2D eigenvalue weighted by Gasteiger charge is 2.18. The van der Waals surface area contributed by atoms with E-state index in [4.69, 9.17) is 4.74 Å². The first-order valence-electron chi connectivity index (χ1n) is 3.26. The minimum Gasteiger partial charge on any atom is -0.378 e. The molecule has 0 aromatic carbocycles. The van der Waals surface area contributed by atoms with E-state index < -0.39 is 6.17 Å². The number of hydrogen-bond donors (Lipinski definition) is 1. The van der Waals surface area contributed by atoms with Crippen LogP contribution in [0.2, 0.25) is 0 Å². The number of halogens is 2. The Kier molecular flexibility index (Phi) is 4.95. The molecule has 0 radical (unpaired) electrons. The van der Waals surface area contributed by atoms with Gasteiger partial charge >= 0.3 is 0 Å². The van der Waals surface area contributed by atoms with Crippen molar-refractivity contribution < 1.29 is 9.13 Å². The lowest BCUT2D eigenvalue weighted by molar-refractivity contribution is 0.0508. The molecule has 1 rings (SSSR count). The van der Waals surface area contributed by atoms with Gasteiger partial charge in [-0.25, -0.2) is 4.39 Å². The molecule has 10 heavy (non-hydrogen) atoms. The van der Waals surface area contributed by atoms with E-state index in [1.807, 2.05) is 0 Å². The van der Waals surface area contributed by atoms with Gasteiger partial charge in [-0.2, -0.15) is 0 Å². The van der Waals surface area contributed by atoms with Crippen LogP contribution in [-0.2, 0) is 4.74 Å². The minimum absolute atomic E-state index is 0. The van der Waals surface area contributed by atoms with E-state index in [-0.39, 0.29) is 18.4 Å². The Bertz CT molecular complexity index is 85.8. The maximum Gasteiger partial charge on any atom is 0.115 e. The molecule has 2 nitrogen and oxygen atoms in total. The molecule has 4 heteroatoms. The standard InChI is InChI=1S/C6H12FNO.ClH/c1-5(7)6-4-9-3-2-8-6;/h5-6,8H,2-4H2,1H3;1H. The van der Waals surface area contributed by atoms with Crippen LogP contribution in [0.4, 0.5) is 4.39 Å². The first-order valence-corrected chi connectivity index (χ1v) is 3.26. The second-order valence-corrected chi connectivity index (χ2v) is 2.31. The van der Waals surface area contributed by atoms with Crippen molar-refractivity contribution in [3.8, 4) is 0 Å². The molecule has 0 aromatic heterocycles. The number of alkyl halides is 1. The molecule has 2 unspecified atom stereocenters. The monoisotopic (exact) mass is 169 g/mol. The predicted octanol–water partition coefficient (Wildman–Crippen LogP) is 0.755. The third-order valence-corrected chi connectivity index (χ3v) is 1.50. The molecule has 1 fully saturated rings. The van der Waals surface area contributed by atoms with Gasteiger partial charge in [0.2, 0.25) is 0 Å². The molecule has 0 aliphatic carbocycles. The molecule has 1 aliphatic rings. The normalized spacial score (nSPS) is 28.8. The van der Waals surface area contributed by atoms with E-state index in [0.717, 1.165) is 6.54 Å². The zero-order chi connectivity index (χ0) is 6.69. The van der Waals surface area contributed by atoms with Crippen molar-refractivity contribution in [2.24, 2.45) is 0 Å². The maximum atomic E-state index is 12.4. The highest BCUT2D eigenvalue weighted by atomic mass is 35.5. The average molecular weight is 170 g/mol. The summed E-state index contributed by atoms with van der Waals surface area (Å²) in [5.74, 6) is 0. The largest absolute Gasteiger partial charge is 0.378 e. The Morgan fingerprint density at radius 2 is 2.40 bits per heavy atom. The summed E-state index contributed by atoms with van der Waals surface area (Å²) < 4.78 is 17.5. The zero-order valence-electron chi connectivity index (χ0n) is 5.97. The molecule has 0 saturated carbocycles. The molecule has 0 bridgehead atoms. The summed E-state index contributed by atoms with van der Waals surface area (Å²) in [4.78, 5) is 0. The van der Waals surface area contributed by atoms with E-state index >= 15 is 0 Å². The summed E-state index contributed by atoms with van der Waals surface area (Å²) in [6.07, 6.45) is -0.801. The molecule has 1 saturated heterocycles. The van der Waals surface area contributed by atoms with Gasteiger partial charge < -0.3 is 10.1 Å². The highest BCUT2D eigenvalue weighted by Crippen LogP contribution is 2.01. The number of hydrogen-bond acceptors (Lipinski definition) is 2. The molecule has 0 amide bonds. The first kappa shape index (κ1) is 10.1. The number of rotatable bonds is 1. The van der Waals surface area contributed by atoms with Gasteiger partial charge in [-0.15, -0.1) is 12.4 Å². The summed E-state index contributed by atoms with van der Waals surface area (Å²) in [6, 6.07) is -0.0845. The smallest absolute Gasteiger partial charge is 0.115 e. The summed E-state index contributed by atoms with van der Waals surface area (Å²) in [6.45, 7) is 3.55. The Morgan fingerprint density at radius 3 is 2.70 bits per heavy atom. The van der Waals surface area contributed by atoms with Gasteiger partial charge in [0.1, 0.15) is 6.17 Å². The van der Waals surface area contributed by atoms with Gasteiger partial charge in [-0.3, -0.25) is 0 Å². The van der Waals surface area contributed by atoms with Crippen LogP contribution in [0.15, 0.2) is 0 Å². The van der Waals surface area contributed by atoms with Crippen LogP contribution in [0, 0.1) is 0 Å². The van der Waals surface area contributed by atoms with Crippen molar-refractivity contribution in [1.29, 1.82) is 0 Å². The van der Waals surface area contributed by atoms with Crippen LogP contribution in [0.5, 0.6) is 0 Å². The van der Waals surface area contributed by atoms with Gasteiger partial charge in [-0.05, 0) is 6.92 Å². The summed E-state index contributed by atoms with van der Waals surface area (Å²) in [5.41, 5.74) is 0. The molecule has 1 heterocycles. The molecule has 0 aromatic rings. The lowest BCUT2D eigenvalue weighted by Crippen LogP contribution is -2.46. The Morgan fingerprint density at radius 1 is 1.70 bits per heavy atom. The van der Waals surface area contributed by atoms with Crippen molar-refractivity contribution >= 4 is 12.4 Å². The van der Waals surface area contributed by atoms with E-state index in [1.54, 1.807) is 6.92 Å².